The third-order valence-corrected chi connectivity index (χ3v) is 3.95. The Balaban J connectivity index is 1.95. The van der Waals surface area contributed by atoms with Gasteiger partial charge in [0.05, 0.1) is 6.10 Å². The molecule has 4 unspecified atom stereocenters. The highest BCUT2D eigenvalue weighted by molar-refractivity contribution is 5.66. The van der Waals surface area contributed by atoms with Crippen LogP contribution in [0, 0.1) is 5.92 Å². The lowest BCUT2D eigenvalue weighted by atomic mass is 9.91. The van der Waals surface area contributed by atoms with Gasteiger partial charge in [0, 0.05) is 24.9 Å². The first-order chi connectivity index (χ1) is 11.4. The molecule has 24 heavy (non-hydrogen) atoms. The fourth-order valence-electron chi connectivity index (χ4n) is 2.69. The van der Waals surface area contributed by atoms with Crippen LogP contribution in [-0.4, -0.2) is 30.6 Å². The van der Waals surface area contributed by atoms with Gasteiger partial charge in [-0.3, -0.25) is 4.79 Å². The maximum absolute atomic E-state index is 11.9. The quantitative estimate of drug-likeness (QED) is 0.512. The highest BCUT2D eigenvalue weighted by atomic mass is 16.8. The van der Waals surface area contributed by atoms with Crippen LogP contribution in [0.5, 0.6) is 5.75 Å². The van der Waals surface area contributed by atoms with Crippen molar-refractivity contribution in [3.63, 3.8) is 0 Å². The fourth-order valence-corrected chi connectivity index (χ4v) is 2.69. The molecule has 1 aromatic carbocycles. The lowest BCUT2D eigenvalue weighted by molar-refractivity contribution is -0.222. The third kappa shape index (κ3) is 4.86. The topological polar surface area (TPSA) is 97.1 Å². The molecule has 1 saturated heterocycles. The number of benzene rings is 1. The molecule has 1 aromatic rings. The van der Waals surface area contributed by atoms with E-state index in [4.69, 9.17) is 24.7 Å². The van der Waals surface area contributed by atoms with Gasteiger partial charge in [0.2, 0.25) is 6.29 Å². The minimum Gasteiger partial charge on any atom is -0.462 e. The monoisotopic (exact) mass is 337 g/mol. The van der Waals surface area contributed by atoms with Gasteiger partial charge in [0.15, 0.2) is 0 Å². The predicted molar refractivity (Wildman–Crippen MR) is 86.3 cm³/mol. The lowest BCUT2D eigenvalue weighted by Crippen LogP contribution is -2.46. The number of anilines is 1. The molecule has 1 aliphatic rings. The lowest BCUT2D eigenvalue weighted by Gasteiger charge is -2.38. The predicted octanol–water partition coefficient (Wildman–Crippen LogP) is 2.88. The molecule has 0 amide bonds. The second kappa shape index (κ2) is 8.01. The van der Waals surface area contributed by atoms with Crippen molar-refractivity contribution >= 4 is 17.8 Å². The molecule has 0 aliphatic carbocycles. The highest BCUT2D eigenvalue weighted by Crippen LogP contribution is 2.30. The summed E-state index contributed by atoms with van der Waals surface area (Å²) >= 11 is 0. The van der Waals surface area contributed by atoms with Crippen molar-refractivity contribution in [2.24, 2.45) is 5.92 Å². The van der Waals surface area contributed by atoms with E-state index in [1.165, 1.54) is 6.92 Å². The van der Waals surface area contributed by atoms with Crippen LogP contribution < -0.4 is 10.5 Å². The second-order valence-electron chi connectivity index (χ2n) is 5.79. The number of esters is 1. The second-order valence-corrected chi connectivity index (χ2v) is 5.79. The Morgan fingerprint density at radius 3 is 2.50 bits per heavy atom. The third-order valence-electron chi connectivity index (χ3n) is 3.95. The Morgan fingerprint density at radius 2 is 1.92 bits per heavy atom. The maximum atomic E-state index is 11.9. The minimum absolute atomic E-state index is 0.0202. The van der Waals surface area contributed by atoms with Gasteiger partial charge >= 0.3 is 12.1 Å². The van der Waals surface area contributed by atoms with E-state index >= 15 is 0 Å². The van der Waals surface area contributed by atoms with Crippen molar-refractivity contribution in [1.82, 2.24) is 0 Å². The fraction of sp³-hybridized carbons (Fsp3) is 0.529. The van der Waals surface area contributed by atoms with Crippen LogP contribution in [0.25, 0.3) is 0 Å². The van der Waals surface area contributed by atoms with E-state index < -0.39 is 12.4 Å². The number of hydrogen-bond donors (Lipinski definition) is 1. The van der Waals surface area contributed by atoms with Crippen molar-refractivity contribution in [2.75, 3.05) is 5.73 Å². The van der Waals surface area contributed by atoms with Gasteiger partial charge in [-0.2, -0.15) is 0 Å². The first-order valence-electron chi connectivity index (χ1n) is 7.95. The van der Waals surface area contributed by atoms with Gasteiger partial charge in [-0.05, 0) is 30.7 Å². The van der Waals surface area contributed by atoms with Gasteiger partial charge < -0.3 is 24.7 Å². The minimum atomic E-state index is -0.879. The maximum Gasteiger partial charge on any atom is 0.516 e. The number of ether oxygens (including phenoxy) is 4. The number of carbonyl (C=O) groups excluding carboxylic acids is 2. The highest BCUT2D eigenvalue weighted by Gasteiger charge is 2.39. The number of rotatable bonds is 4. The molecule has 0 radical (unpaired) electrons. The zero-order valence-corrected chi connectivity index (χ0v) is 14.1. The zero-order chi connectivity index (χ0) is 17.7. The van der Waals surface area contributed by atoms with Gasteiger partial charge in [0.25, 0.3) is 0 Å². The summed E-state index contributed by atoms with van der Waals surface area (Å²) in [5.74, 6) is -0.0272. The number of hydrogen-bond acceptors (Lipinski definition) is 7. The summed E-state index contributed by atoms with van der Waals surface area (Å²) in [5.41, 5.74) is 6.14. The first-order valence-corrected chi connectivity index (χ1v) is 7.95. The van der Waals surface area contributed by atoms with E-state index in [2.05, 4.69) is 0 Å². The number of nitrogen functional groups attached to an aromatic ring is 1. The van der Waals surface area contributed by atoms with Crippen LogP contribution in [-0.2, 0) is 19.0 Å². The van der Waals surface area contributed by atoms with E-state index in [-0.39, 0.29) is 30.5 Å². The van der Waals surface area contributed by atoms with Gasteiger partial charge in [-0.25, -0.2) is 4.79 Å². The summed E-state index contributed by atoms with van der Waals surface area (Å²) in [4.78, 5) is 23.2. The molecule has 4 atom stereocenters. The molecule has 7 heteroatoms. The summed E-state index contributed by atoms with van der Waals surface area (Å²) in [6.07, 6.45) is -1.25. The number of nitrogens with two attached hydrogens (primary N) is 1. The summed E-state index contributed by atoms with van der Waals surface area (Å²) in [6, 6.07) is 6.37. The average Bonchev–Trinajstić information content (AvgIpc) is 2.52. The summed E-state index contributed by atoms with van der Waals surface area (Å²) < 4.78 is 21.4. The van der Waals surface area contributed by atoms with Crippen molar-refractivity contribution in [2.45, 2.75) is 52.1 Å². The van der Waals surface area contributed by atoms with Crippen LogP contribution in [0.15, 0.2) is 24.3 Å². The summed E-state index contributed by atoms with van der Waals surface area (Å²) in [7, 11) is 0. The molecule has 0 aromatic heterocycles. The summed E-state index contributed by atoms with van der Waals surface area (Å²) in [5, 5.41) is 0. The van der Waals surface area contributed by atoms with Crippen LogP contribution in [0.1, 0.15) is 33.6 Å². The molecule has 0 saturated carbocycles. The SMILES string of the molecule is CCC1OC(OC(=O)Oc2ccc(N)cc2)CC(OC(C)=O)C1C. The Labute approximate surface area is 141 Å². The molecule has 132 valence electrons. The molecular weight excluding hydrogens is 314 g/mol. The molecule has 2 N–H and O–H groups in total. The molecule has 2 rings (SSSR count). The van der Waals surface area contributed by atoms with Gasteiger partial charge in [-0.15, -0.1) is 0 Å². The molecule has 0 bridgehead atoms. The average molecular weight is 337 g/mol. The van der Waals surface area contributed by atoms with Crippen LogP contribution >= 0.6 is 0 Å². The van der Waals surface area contributed by atoms with E-state index in [0.717, 1.165) is 0 Å². The van der Waals surface area contributed by atoms with E-state index in [1.807, 2.05) is 13.8 Å². The Hall–Kier alpha value is -2.28. The van der Waals surface area contributed by atoms with Crippen LogP contribution in [0.2, 0.25) is 0 Å². The van der Waals surface area contributed by atoms with Crippen molar-refractivity contribution in [3.05, 3.63) is 24.3 Å². The van der Waals surface area contributed by atoms with Crippen molar-refractivity contribution in [3.8, 4) is 5.75 Å². The number of carbonyl (C=O) groups is 2. The van der Waals surface area contributed by atoms with Crippen LogP contribution in [0.3, 0.4) is 0 Å². The van der Waals surface area contributed by atoms with Gasteiger partial charge in [0.1, 0.15) is 11.9 Å². The zero-order valence-electron chi connectivity index (χ0n) is 14.1. The molecule has 1 fully saturated rings. The standard InChI is InChI=1S/C17H23NO6/c1-4-14-10(2)15(21-11(3)19)9-16(23-14)24-17(20)22-13-7-5-12(18)6-8-13/h5-8,10,14-16H,4,9,18H2,1-3H3. The Morgan fingerprint density at radius 1 is 1.25 bits per heavy atom. The molecule has 1 aliphatic heterocycles. The van der Waals surface area contributed by atoms with E-state index in [0.29, 0.717) is 17.9 Å². The molecular formula is C17H23NO6. The molecule has 1 heterocycles. The van der Waals surface area contributed by atoms with E-state index in [9.17, 15) is 9.59 Å². The Kier molecular flexibility index (Phi) is 6.03. The first kappa shape index (κ1) is 18.1. The molecule has 7 nitrogen and oxygen atoms in total. The normalized spacial score (nSPS) is 26.5. The van der Waals surface area contributed by atoms with Crippen molar-refractivity contribution < 1.29 is 28.5 Å². The smallest absolute Gasteiger partial charge is 0.462 e. The largest absolute Gasteiger partial charge is 0.516 e. The Bertz CT molecular complexity index is 573. The van der Waals surface area contributed by atoms with E-state index in [1.54, 1.807) is 24.3 Å². The van der Waals surface area contributed by atoms with Crippen molar-refractivity contribution in [1.29, 1.82) is 0 Å². The summed E-state index contributed by atoms with van der Waals surface area (Å²) in [6.45, 7) is 5.26. The molecule has 0 spiro atoms. The van der Waals surface area contributed by atoms with Gasteiger partial charge in [-0.1, -0.05) is 13.8 Å². The van der Waals surface area contributed by atoms with Crippen LogP contribution in [0.4, 0.5) is 10.5 Å².